The molecule has 0 aliphatic rings. The molecule has 0 bridgehead atoms. The van der Waals surface area contributed by atoms with Crippen LogP contribution in [0.3, 0.4) is 0 Å². The Morgan fingerprint density at radius 1 is 1.12 bits per heavy atom. The highest BCUT2D eigenvalue weighted by molar-refractivity contribution is 5.73. The first kappa shape index (κ1) is 17.7. The van der Waals surface area contributed by atoms with Crippen molar-refractivity contribution in [2.45, 2.75) is 13.1 Å². The van der Waals surface area contributed by atoms with Gasteiger partial charge in [0.2, 0.25) is 0 Å². The van der Waals surface area contributed by atoms with Crippen LogP contribution in [0.5, 0.6) is 5.75 Å². The Labute approximate surface area is 137 Å². The van der Waals surface area contributed by atoms with Crippen molar-refractivity contribution < 1.29 is 22.7 Å². The summed E-state index contributed by atoms with van der Waals surface area (Å²) in [5.41, 5.74) is 0.620. The molecule has 0 atom stereocenters. The lowest BCUT2D eigenvalue weighted by Crippen LogP contribution is -2.36. The Bertz CT molecular complexity index is 738. The molecular formula is C17H17F3N2O2. The number of nitrogens with zero attached hydrogens (tertiary/aromatic N) is 1. The fourth-order valence-electron chi connectivity index (χ4n) is 2.14. The Kier molecular flexibility index (Phi) is 5.68. The SMILES string of the molecule is COc1ccc(CN(C)C(=O)NCc2cc(F)ccc2F)cc1F. The second-order valence-electron chi connectivity index (χ2n) is 5.22. The maximum atomic E-state index is 13.6. The Morgan fingerprint density at radius 2 is 1.88 bits per heavy atom. The van der Waals surface area contributed by atoms with E-state index in [1.807, 2.05) is 0 Å². The first-order chi connectivity index (χ1) is 11.4. The minimum atomic E-state index is -0.600. The third kappa shape index (κ3) is 4.41. The van der Waals surface area contributed by atoms with Gasteiger partial charge in [-0.15, -0.1) is 0 Å². The summed E-state index contributed by atoms with van der Waals surface area (Å²) in [6.07, 6.45) is 0. The van der Waals surface area contributed by atoms with Crippen LogP contribution < -0.4 is 10.1 Å². The van der Waals surface area contributed by atoms with E-state index in [9.17, 15) is 18.0 Å². The molecule has 0 fully saturated rings. The lowest BCUT2D eigenvalue weighted by Gasteiger charge is -2.18. The zero-order chi connectivity index (χ0) is 17.7. The number of nitrogens with one attached hydrogen (secondary N) is 1. The van der Waals surface area contributed by atoms with Crippen molar-refractivity contribution in [2.75, 3.05) is 14.2 Å². The van der Waals surface area contributed by atoms with Gasteiger partial charge in [0.15, 0.2) is 11.6 Å². The van der Waals surface area contributed by atoms with Crippen LogP contribution in [0, 0.1) is 17.5 Å². The van der Waals surface area contributed by atoms with Gasteiger partial charge in [0.05, 0.1) is 7.11 Å². The molecule has 4 nitrogen and oxygen atoms in total. The van der Waals surface area contributed by atoms with E-state index in [0.29, 0.717) is 5.56 Å². The molecule has 1 N–H and O–H groups in total. The van der Waals surface area contributed by atoms with Crippen LogP contribution in [-0.2, 0) is 13.1 Å². The van der Waals surface area contributed by atoms with Gasteiger partial charge < -0.3 is 15.0 Å². The van der Waals surface area contributed by atoms with Crippen molar-refractivity contribution in [1.29, 1.82) is 0 Å². The van der Waals surface area contributed by atoms with Crippen molar-refractivity contribution >= 4 is 6.03 Å². The summed E-state index contributed by atoms with van der Waals surface area (Å²) in [5.74, 6) is -1.59. The van der Waals surface area contributed by atoms with E-state index < -0.39 is 23.5 Å². The Hall–Kier alpha value is -2.70. The first-order valence-electron chi connectivity index (χ1n) is 7.16. The molecule has 2 aromatic rings. The maximum Gasteiger partial charge on any atom is 0.317 e. The van der Waals surface area contributed by atoms with Gasteiger partial charge >= 0.3 is 6.03 Å². The molecule has 0 aromatic heterocycles. The molecule has 2 rings (SSSR count). The van der Waals surface area contributed by atoms with Crippen LogP contribution in [0.4, 0.5) is 18.0 Å². The highest BCUT2D eigenvalue weighted by Crippen LogP contribution is 2.18. The summed E-state index contributed by atoms with van der Waals surface area (Å²) in [6, 6.07) is 6.92. The summed E-state index contributed by atoms with van der Waals surface area (Å²) < 4.78 is 45.0. The largest absolute Gasteiger partial charge is 0.494 e. The van der Waals surface area contributed by atoms with Crippen LogP contribution in [0.1, 0.15) is 11.1 Å². The summed E-state index contributed by atoms with van der Waals surface area (Å²) in [7, 11) is 2.88. The highest BCUT2D eigenvalue weighted by atomic mass is 19.1. The molecule has 128 valence electrons. The molecule has 0 spiro atoms. The van der Waals surface area contributed by atoms with Crippen LogP contribution >= 0.6 is 0 Å². The number of benzene rings is 2. The topological polar surface area (TPSA) is 41.6 Å². The molecule has 0 saturated heterocycles. The molecule has 24 heavy (non-hydrogen) atoms. The van der Waals surface area contributed by atoms with E-state index in [1.54, 1.807) is 6.07 Å². The van der Waals surface area contributed by atoms with Gasteiger partial charge in [0.25, 0.3) is 0 Å². The number of amides is 2. The number of hydrogen-bond acceptors (Lipinski definition) is 2. The zero-order valence-electron chi connectivity index (χ0n) is 13.3. The maximum absolute atomic E-state index is 13.6. The Morgan fingerprint density at radius 3 is 2.54 bits per heavy atom. The molecule has 0 radical (unpaired) electrons. The zero-order valence-corrected chi connectivity index (χ0v) is 13.3. The monoisotopic (exact) mass is 338 g/mol. The average Bonchev–Trinajstić information content (AvgIpc) is 2.55. The molecule has 0 aliphatic carbocycles. The molecule has 0 aliphatic heterocycles. The minimum Gasteiger partial charge on any atom is -0.494 e. The quantitative estimate of drug-likeness (QED) is 0.907. The molecular weight excluding hydrogens is 321 g/mol. The summed E-state index contributed by atoms with van der Waals surface area (Å²) in [5, 5.41) is 2.49. The number of carbonyl (C=O) groups is 1. The molecule has 2 amide bonds. The summed E-state index contributed by atoms with van der Waals surface area (Å²) >= 11 is 0. The highest BCUT2D eigenvalue weighted by Gasteiger charge is 2.12. The van der Waals surface area contributed by atoms with Crippen LogP contribution in [-0.4, -0.2) is 25.1 Å². The van der Waals surface area contributed by atoms with Gasteiger partial charge in [-0.2, -0.15) is 0 Å². The molecule has 0 saturated carbocycles. The number of rotatable bonds is 5. The van der Waals surface area contributed by atoms with E-state index in [0.717, 1.165) is 18.2 Å². The second-order valence-corrected chi connectivity index (χ2v) is 5.22. The fourth-order valence-corrected chi connectivity index (χ4v) is 2.14. The third-order valence-corrected chi connectivity index (χ3v) is 3.42. The number of methoxy groups -OCH3 is 1. The van der Waals surface area contributed by atoms with Crippen molar-refractivity contribution in [3.63, 3.8) is 0 Å². The smallest absolute Gasteiger partial charge is 0.317 e. The standard InChI is InChI=1S/C17H17F3N2O2/c1-22(10-11-3-6-16(24-2)15(20)7-11)17(23)21-9-12-8-13(18)4-5-14(12)19/h3-8H,9-10H2,1-2H3,(H,21,23). The van der Waals surface area contributed by atoms with Crippen molar-refractivity contribution in [3.8, 4) is 5.75 Å². The van der Waals surface area contributed by atoms with Gasteiger partial charge in [-0.05, 0) is 35.9 Å². The van der Waals surface area contributed by atoms with Gasteiger partial charge in [-0.1, -0.05) is 6.07 Å². The molecule has 0 unspecified atom stereocenters. The number of ether oxygens (including phenoxy) is 1. The molecule has 2 aromatic carbocycles. The van der Waals surface area contributed by atoms with Crippen molar-refractivity contribution in [1.82, 2.24) is 10.2 Å². The van der Waals surface area contributed by atoms with E-state index in [4.69, 9.17) is 4.74 Å². The lowest BCUT2D eigenvalue weighted by molar-refractivity contribution is 0.206. The predicted octanol–water partition coefficient (Wildman–Crippen LogP) is 3.45. The van der Waals surface area contributed by atoms with Crippen molar-refractivity contribution in [2.24, 2.45) is 0 Å². The van der Waals surface area contributed by atoms with Crippen LogP contribution in [0.2, 0.25) is 0 Å². The summed E-state index contributed by atoms with van der Waals surface area (Å²) in [6.45, 7) is 0.00210. The number of hydrogen-bond donors (Lipinski definition) is 1. The van der Waals surface area contributed by atoms with E-state index in [-0.39, 0.29) is 24.4 Å². The average molecular weight is 338 g/mol. The lowest BCUT2D eigenvalue weighted by atomic mass is 10.2. The predicted molar refractivity (Wildman–Crippen MR) is 83.0 cm³/mol. The third-order valence-electron chi connectivity index (χ3n) is 3.42. The number of carbonyl (C=O) groups excluding carboxylic acids is 1. The minimum absolute atomic E-state index is 0.0484. The van der Waals surface area contributed by atoms with E-state index in [1.165, 1.54) is 31.2 Å². The molecule has 7 heteroatoms. The second kappa shape index (κ2) is 7.72. The van der Waals surface area contributed by atoms with Gasteiger partial charge in [0.1, 0.15) is 11.6 Å². The Balaban J connectivity index is 1.94. The normalized spacial score (nSPS) is 10.4. The van der Waals surface area contributed by atoms with Gasteiger partial charge in [-0.3, -0.25) is 0 Å². The van der Waals surface area contributed by atoms with Crippen LogP contribution in [0.25, 0.3) is 0 Å². The molecule has 0 heterocycles. The number of urea groups is 1. The van der Waals surface area contributed by atoms with Crippen molar-refractivity contribution in [3.05, 3.63) is 65.0 Å². The number of halogens is 3. The first-order valence-corrected chi connectivity index (χ1v) is 7.16. The van der Waals surface area contributed by atoms with E-state index >= 15 is 0 Å². The fraction of sp³-hybridized carbons (Fsp3) is 0.235. The summed E-state index contributed by atoms with van der Waals surface area (Å²) in [4.78, 5) is 13.3. The van der Waals surface area contributed by atoms with Crippen LogP contribution in [0.15, 0.2) is 36.4 Å². The van der Waals surface area contributed by atoms with Gasteiger partial charge in [-0.25, -0.2) is 18.0 Å². The van der Waals surface area contributed by atoms with E-state index in [2.05, 4.69) is 5.32 Å². The van der Waals surface area contributed by atoms with Gasteiger partial charge in [0, 0.05) is 25.7 Å².